The zero-order valence-corrected chi connectivity index (χ0v) is 16.0. The molecule has 5 rings (SSSR count). The summed E-state index contributed by atoms with van der Waals surface area (Å²) in [6, 6.07) is 15.5. The highest BCUT2D eigenvalue weighted by Crippen LogP contribution is 2.48. The molecule has 2 aromatic heterocycles. The Labute approximate surface area is 168 Å². The van der Waals surface area contributed by atoms with E-state index in [2.05, 4.69) is 22.3 Å². The molecule has 7 heteroatoms. The second-order valence-corrected chi connectivity index (χ2v) is 7.62. The molecule has 148 valence electrons. The van der Waals surface area contributed by atoms with Crippen molar-refractivity contribution in [1.82, 2.24) is 20.0 Å². The summed E-state index contributed by atoms with van der Waals surface area (Å²) in [5.41, 5.74) is 2.28. The van der Waals surface area contributed by atoms with Crippen molar-refractivity contribution in [2.75, 3.05) is 26.2 Å². The van der Waals surface area contributed by atoms with Gasteiger partial charge in [-0.1, -0.05) is 30.3 Å². The highest BCUT2D eigenvalue weighted by molar-refractivity contribution is 5.93. The van der Waals surface area contributed by atoms with Gasteiger partial charge in [0.25, 0.3) is 5.91 Å². The summed E-state index contributed by atoms with van der Waals surface area (Å²) in [5.74, 6) is 1.16. The van der Waals surface area contributed by atoms with Gasteiger partial charge in [0, 0.05) is 38.2 Å². The van der Waals surface area contributed by atoms with Crippen molar-refractivity contribution in [1.29, 1.82) is 0 Å². The van der Waals surface area contributed by atoms with E-state index in [-0.39, 0.29) is 17.7 Å². The van der Waals surface area contributed by atoms with E-state index in [1.807, 2.05) is 29.2 Å². The fourth-order valence-electron chi connectivity index (χ4n) is 4.05. The maximum Gasteiger partial charge on any atom is 0.274 e. The van der Waals surface area contributed by atoms with Crippen molar-refractivity contribution in [2.24, 2.45) is 5.92 Å². The Bertz CT molecular complexity index is 1000. The molecule has 1 aliphatic carbocycles. The SMILES string of the molecule is O=C(c1cc(-c2ccco2)[nH]n1)N1CCN(C(=O)[C@@H]2C[C@H]2c2ccccc2)CC1. The number of carbonyl (C=O) groups is 2. The lowest BCUT2D eigenvalue weighted by molar-refractivity contribution is -0.134. The molecule has 0 spiro atoms. The number of hydrogen-bond donors (Lipinski definition) is 1. The second-order valence-electron chi connectivity index (χ2n) is 7.62. The number of rotatable bonds is 4. The second kappa shape index (κ2) is 7.24. The molecule has 0 unspecified atom stereocenters. The number of furan rings is 1. The molecule has 0 bridgehead atoms. The number of nitrogens with zero attached hydrogens (tertiary/aromatic N) is 3. The van der Waals surface area contributed by atoms with Gasteiger partial charge < -0.3 is 14.2 Å². The van der Waals surface area contributed by atoms with Crippen LogP contribution in [0.25, 0.3) is 11.5 Å². The fraction of sp³-hybridized carbons (Fsp3) is 0.318. The van der Waals surface area contributed by atoms with E-state index in [1.165, 1.54) is 5.56 Å². The Morgan fingerprint density at radius 2 is 1.76 bits per heavy atom. The van der Waals surface area contributed by atoms with Gasteiger partial charge in [0.15, 0.2) is 11.5 Å². The minimum Gasteiger partial charge on any atom is -0.463 e. The van der Waals surface area contributed by atoms with Crippen molar-refractivity contribution in [3.8, 4) is 11.5 Å². The van der Waals surface area contributed by atoms with Crippen LogP contribution in [0.15, 0.2) is 59.2 Å². The molecule has 2 aliphatic rings. The number of benzene rings is 1. The lowest BCUT2D eigenvalue weighted by Gasteiger charge is -2.34. The average Bonchev–Trinajstić information content (AvgIpc) is 3.15. The van der Waals surface area contributed by atoms with Crippen LogP contribution in [0.3, 0.4) is 0 Å². The highest BCUT2D eigenvalue weighted by atomic mass is 16.3. The van der Waals surface area contributed by atoms with Crippen LogP contribution in [-0.4, -0.2) is 58.0 Å². The van der Waals surface area contributed by atoms with Gasteiger partial charge in [0.1, 0.15) is 5.69 Å². The third kappa shape index (κ3) is 3.44. The number of piperazine rings is 1. The Morgan fingerprint density at radius 1 is 1.00 bits per heavy atom. The zero-order valence-electron chi connectivity index (χ0n) is 16.0. The number of aromatic nitrogens is 2. The van der Waals surface area contributed by atoms with Crippen LogP contribution < -0.4 is 0 Å². The molecule has 29 heavy (non-hydrogen) atoms. The van der Waals surface area contributed by atoms with Crippen molar-refractivity contribution < 1.29 is 14.0 Å². The molecule has 3 heterocycles. The van der Waals surface area contributed by atoms with Crippen LogP contribution >= 0.6 is 0 Å². The van der Waals surface area contributed by atoms with E-state index < -0.39 is 0 Å². The molecule has 0 radical (unpaired) electrons. The van der Waals surface area contributed by atoms with Crippen LogP contribution in [0.4, 0.5) is 0 Å². The van der Waals surface area contributed by atoms with E-state index in [9.17, 15) is 9.59 Å². The smallest absolute Gasteiger partial charge is 0.274 e. The Balaban J connectivity index is 1.17. The first-order valence-electron chi connectivity index (χ1n) is 9.93. The summed E-state index contributed by atoms with van der Waals surface area (Å²) in [5, 5.41) is 6.97. The number of aromatic amines is 1. The van der Waals surface area contributed by atoms with Gasteiger partial charge in [-0.3, -0.25) is 14.7 Å². The Kier molecular flexibility index (Phi) is 4.42. The minimum atomic E-state index is -0.125. The van der Waals surface area contributed by atoms with E-state index in [0.29, 0.717) is 49.2 Å². The zero-order chi connectivity index (χ0) is 19.8. The van der Waals surface area contributed by atoms with Crippen LogP contribution in [0.2, 0.25) is 0 Å². The summed E-state index contributed by atoms with van der Waals surface area (Å²) in [6.07, 6.45) is 2.50. The summed E-state index contributed by atoms with van der Waals surface area (Å²) in [7, 11) is 0. The van der Waals surface area contributed by atoms with Gasteiger partial charge in [-0.25, -0.2) is 0 Å². The van der Waals surface area contributed by atoms with Crippen LogP contribution in [-0.2, 0) is 4.79 Å². The number of carbonyl (C=O) groups excluding carboxylic acids is 2. The van der Waals surface area contributed by atoms with E-state index in [1.54, 1.807) is 23.3 Å². The monoisotopic (exact) mass is 390 g/mol. The molecule has 7 nitrogen and oxygen atoms in total. The Morgan fingerprint density at radius 3 is 2.48 bits per heavy atom. The number of hydrogen-bond acceptors (Lipinski definition) is 4. The first-order valence-corrected chi connectivity index (χ1v) is 9.93. The molecule has 1 N–H and O–H groups in total. The normalized spacial score (nSPS) is 21.2. The van der Waals surface area contributed by atoms with Gasteiger partial charge >= 0.3 is 0 Å². The van der Waals surface area contributed by atoms with Crippen LogP contribution in [0.1, 0.15) is 28.4 Å². The lowest BCUT2D eigenvalue weighted by atomic mass is 10.1. The third-order valence-electron chi connectivity index (χ3n) is 5.80. The first-order chi connectivity index (χ1) is 14.2. The standard InChI is InChI=1S/C22H22N4O3/c27-21(17-13-16(17)15-5-2-1-3-6-15)25-8-10-26(11-9-25)22(28)19-14-18(23-24-19)20-7-4-12-29-20/h1-7,12,14,16-17H,8-11,13H2,(H,23,24)/t16-,17+/m0/s1. The maximum absolute atomic E-state index is 12.8. The maximum atomic E-state index is 12.8. The molecule has 1 saturated carbocycles. The number of amides is 2. The molecular formula is C22H22N4O3. The molecular weight excluding hydrogens is 368 g/mol. The number of nitrogens with one attached hydrogen (secondary N) is 1. The molecule has 2 fully saturated rings. The average molecular weight is 390 g/mol. The molecule has 2 atom stereocenters. The summed E-state index contributed by atoms with van der Waals surface area (Å²) < 4.78 is 5.33. The van der Waals surface area contributed by atoms with Crippen LogP contribution in [0.5, 0.6) is 0 Å². The van der Waals surface area contributed by atoms with Crippen molar-refractivity contribution in [3.63, 3.8) is 0 Å². The predicted octanol–water partition coefficient (Wildman–Crippen LogP) is 2.76. The molecule has 3 aromatic rings. The van der Waals surface area contributed by atoms with Gasteiger partial charge in [0.2, 0.25) is 5.91 Å². The fourth-order valence-corrected chi connectivity index (χ4v) is 4.05. The molecule has 1 aliphatic heterocycles. The minimum absolute atomic E-state index is 0.0850. The summed E-state index contributed by atoms with van der Waals surface area (Å²) in [6.45, 7) is 2.18. The summed E-state index contributed by atoms with van der Waals surface area (Å²) >= 11 is 0. The molecule has 1 aromatic carbocycles. The van der Waals surface area contributed by atoms with Crippen LogP contribution in [0, 0.1) is 5.92 Å². The first kappa shape index (κ1) is 17.7. The molecule has 2 amide bonds. The Hall–Kier alpha value is -3.35. The van der Waals surface area contributed by atoms with Gasteiger partial charge in [-0.15, -0.1) is 0 Å². The van der Waals surface area contributed by atoms with Gasteiger partial charge in [-0.05, 0) is 30.0 Å². The van der Waals surface area contributed by atoms with Gasteiger partial charge in [-0.2, -0.15) is 5.10 Å². The topological polar surface area (TPSA) is 82.4 Å². The van der Waals surface area contributed by atoms with Gasteiger partial charge in [0.05, 0.1) is 6.26 Å². The number of H-pyrrole nitrogens is 1. The largest absolute Gasteiger partial charge is 0.463 e. The van der Waals surface area contributed by atoms with Crippen molar-refractivity contribution in [2.45, 2.75) is 12.3 Å². The van der Waals surface area contributed by atoms with E-state index in [4.69, 9.17) is 4.42 Å². The lowest BCUT2D eigenvalue weighted by Crippen LogP contribution is -2.51. The third-order valence-corrected chi connectivity index (χ3v) is 5.80. The van der Waals surface area contributed by atoms with E-state index >= 15 is 0 Å². The van der Waals surface area contributed by atoms with Crippen molar-refractivity contribution in [3.05, 3.63) is 66.1 Å². The highest BCUT2D eigenvalue weighted by Gasteiger charge is 2.46. The summed E-state index contributed by atoms with van der Waals surface area (Å²) in [4.78, 5) is 29.2. The quantitative estimate of drug-likeness (QED) is 0.743. The van der Waals surface area contributed by atoms with Crippen molar-refractivity contribution >= 4 is 11.8 Å². The predicted molar refractivity (Wildman–Crippen MR) is 106 cm³/mol. The van der Waals surface area contributed by atoms with E-state index in [0.717, 1.165) is 6.42 Å². The molecule has 1 saturated heterocycles.